The SMILES string of the molecule is CC(=O)N1CCCC(Cc2ccnc(-c3ccnn3C(C)C)c2)C1. The van der Waals surface area contributed by atoms with Crippen molar-refractivity contribution in [3.63, 3.8) is 0 Å². The van der Waals surface area contributed by atoms with Gasteiger partial charge in [0.1, 0.15) is 0 Å². The highest BCUT2D eigenvalue weighted by molar-refractivity contribution is 5.73. The number of hydrogen-bond donors (Lipinski definition) is 0. The zero-order chi connectivity index (χ0) is 17.1. The van der Waals surface area contributed by atoms with Crippen molar-refractivity contribution in [2.45, 2.75) is 46.1 Å². The Balaban J connectivity index is 1.76. The Morgan fingerprint density at radius 1 is 1.33 bits per heavy atom. The molecule has 2 aromatic heterocycles. The fourth-order valence-corrected chi connectivity index (χ4v) is 3.52. The van der Waals surface area contributed by atoms with Crippen LogP contribution in [0.4, 0.5) is 0 Å². The highest BCUT2D eigenvalue weighted by Crippen LogP contribution is 2.24. The molecule has 1 fully saturated rings. The number of likely N-dealkylation sites (tertiary alicyclic amines) is 1. The molecule has 5 heteroatoms. The first kappa shape index (κ1) is 16.7. The Hall–Kier alpha value is -2.17. The van der Waals surface area contributed by atoms with Gasteiger partial charge in [-0.2, -0.15) is 5.10 Å². The molecular weight excluding hydrogens is 300 g/mol. The van der Waals surface area contributed by atoms with Gasteiger partial charge in [0.2, 0.25) is 5.91 Å². The van der Waals surface area contributed by atoms with Crippen molar-refractivity contribution >= 4 is 5.91 Å². The van der Waals surface area contributed by atoms with Crippen LogP contribution in [0.3, 0.4) is 0 Å². The summed E-state index contributed by atoms with van der Waals surface area (Å²) in [6.07, 6.45) is 6.99. The average molecular weight is 326 g/mol. The number of aromatic nitrogens is 3. The van der Waals surface area contributed by atoms with Gasteiger partial charge in [0.25, 0.3) is 0 Å². The van der Waals surface area contributed by atoms with Crippen LogP contribution in [-0.4, -0.2) is 38.7 Å². The molecule has 1 unspecified atom stereocenters. The summed E-state index contributed by atoms with van der Waals surface area (Å²) in [4.78, 5) is 18.1. The predicted octanol–water partition coefficient (Wildman–Crippen LogP) is 3.33. The summed E-state index contributed by atoms with van der Waals surface area (Å²) in [5, 5.41) is 4.40. The summed E-state index contributed by atoms with van der Waals surface area (Å²) in [7, 11) is 0. The summed E-state index contributed by atoms with van der Waals surface area (Å²) in [5.74, 6) is 0.726. The minimum absolute atomic E-state index is 0.191. The van der Waals surface area contributed by atoms with Crippen LogP contribution < -0.4 is 0 Å². The van der Waals surface area contributed by atoms with Crippen LogP contribution in [0.25, 0.3) is 11.4 Å². The number of carbonyl (C=O) groups excluding carboxylic acids is 1. The van der Waals surface area contributed by atoms with Crippen molar-refractivity contribution < 1.29 is 4.79 Å². The lowest BCUT2D eigenvalue weighted by Gasteiger charge is -2.32. The third-order valence-electron chi connectivity index (χ3n) is 4.73. The highest BCUT2D eigenvalue weighted by atomic mass is 16.2. The van der Waals surface area contributed by atoms with E-state index < -0.39 is 0 Å². The first-order valence-electron chi connectivity index (χ1n) is 8.79. The van der Waals surface area contributed by atoms with E-state index in [1.165, 1.54) is 12.0 Å². The van der Waals surface area contributed by atoms with E-state index in [0.29, 0.717) is 12.0 Å². The number of nitrogens with zero attached hydrogens (tertiary/aromatic N) is 4. The van der Waals surface area contributed by atoms with E-state index in [0.717, 1.165) is 37.3 Å². The molecule has 24 heavy (non-hydrogen) atoms. The molecule has 0 radical (unpaired) electrons. The third-order valence-corrected chi connectivity index (χ3v) is 4.73. The van der Waals surface area contributed by atoms with E-state index in [2.05, 4.69) is 36.1 Å². The van der Waals surface area contributed by atoms with Gasteiger partial charge >= 0.3 is 0 Å². The Kier molecular flexibility index (Phi) is 4.97. The molecule has 0 saturated carbocycles. The third kappa shape index (κ3) is 3.66. The van der Waals surface area contributed by atoms with Gasteiger partial charge in [-0.1, -0.05) is 0 Å². The van der Waals surface area contributed by atoms with Crippen molar-refractivity contribution in [2.75, 3.05) is 13.1 Å². The van der Waals surface area contributed by atoms with Gasteiger partial charge in [-0.3, -0.25) is 14.5 Å². The summed E-state index contributed by atoms with van der Waals surface area (Å²) >= 11 is 0. The summed E-state index contributed by atoms with van der Waals surface area (Å²) in [6, 6.07) is 6.59. The molecule has 1 aliphatic heterocycles. The molecular formula is C19H26N4O. The van der Waals surface area contributed by atoms with Crippen LogP contribution in [0.15, 0.2) is 30.6 Å². The summed E-state index contributed by atoms with van der Waals surface area (Å²) < 4.78 is 2.00. The van der Waals surface area contributed by atoms with E-state index in [9.17, 15) is 4.79 Å². The summed E-state index contributed by atoms with van der Waals surface area (Å²) in [6.45, 7) is 7.69. The first-order valence-corrected chi connectivity index (χ1v) is 8.79. The predicted molar refractivity (Wildman–Crippen MR) is 94.5 cm³/mol. The Bertz CT molecular complexity index is 707. The molecule has 1 saturated heterocycles. The molecule has 1 amide bonds. The second-order valence-corrected chi connectivity index (χ2v) is 6.98. The monoisotopic (exact) mass is 326 g/mol. The lowest BCUT2D eigenvalue weighted by atomic mass is 9.91. The molecule has 3 heterocycles. The average Bonchev–Trinajstić information content (AvgIpc) is 3.05. The van der Waals surface area contributed by atoms with E-state index in [1.54, 1.807) is 6.92 Å². The quantitative estimate of drug-likeness (QED) is 0.866. The molecule has 1 atom stereocenters. The maximum atomic E-state index is 11.6. The smallest absolute Gasteiger partial charge is 0.219 e. The molecule has 0 spiro atoms. The fraction of sp³-hybridized carbons (Fsp3) is 0.526. The first-order chi connectivity index (χ1) is 11.5. The van der Waals surface area contributed by atoms with Crippen molar-refractivity contribution in [1.82, 2.24) is 19.7 Å². The van der Waals surface area contributed by atoms with Crippen LogP contribution in [0.1, 0.15) is 45.2 Å². The van der Waals surface area contributed by atoms with E-state index in [1.807, 2.05) is 28.0 Å². The molecule has 5 nitrogen and oxygen atoms in total. The molecule has 0 aromatic carbocycles. The topological polar surface area (TPSA) is 51.0 Å². The number of carbonyl (C=O) groups is 1. The van der Waals surface area contributed by atoms with Gasteiger partial charge < -0.3 is 4.90 Å². The van der Waals surface area contributed by atoms with Crippen molar-refractivity contribution in [3.8, 4) is 11.4 Å². The molecule has 0 N–H and O–H groups in total. The second-order valence-electron chi connectivity index (χ2n) is 6.98. The van der Waals surface area contributed by atoms with Crippen LogP contribution in [0.5, 0.6) is 0 Å². The van der Waals surface area contributed by atoms with Crippen molar-refractivity contribution in [1.29, 1.82) is 0 Å². The van der Waals surface area contributed by atoms with E-state index >= 15 is 0 Å². The molecule has 128 valence electrons. The lowest BCUT2D eigenvalue weighted by Crippen LogP contribution is -2.39. The largest absolute Gasteiger partial charge is 0.343 e. The molecule has 3 rings (SSSR count). The van der Waals surface area contributed by atoms with Gasteiger partial charge in [-0.25, -0.2) is 0 Å². The van der Waals surface area contributed by atoms with Crippen LogP contribution in [0.2, 0.25) is 0 Å². The number of hydrogen-bond acceptors (Lipinski definition) is 3. The Morgan fingerprint density at radius 2 is 2.17 bits per heavy atom. The molecule has 0 aliphatic carbocycles. The van der Waals surface area contributed by atoms with Crippen molar-refractivity contribution in [3.05, 3.63) is 36.2 Å². The van der Waals surface area contributed by atoms with Gasteiger partial charge in [-0.05, 0) is 62.8 Å². The normalized spacial score (nSPS) is 18.2. The number of rotatable bonds is 4. The lowest BCUT2D eigenvalue weighted by molar-refractivity contribution is -0.130. The zero-order valence-electron chi connectivity index (χ0n) is 14.8. The van der Waals surface area contributed by atoms with Crippen LogP contribution in [0, 0.1) is 5.92 Å². The maximum Gasteiger partial charge on any atom is 0.219 e. The zero-order valence-corrected chi connectivity index (χ0v) is 14.8. The Morgan fingerprint density at radius 3 is 2.92 bits per heavy atom. The fourth-order valence-electron chi connectivity index (χ4n) is 3.52. The highest BCUT2D eigenvalue weighted by Gasteiger charge is 2.22. The Labute approximate surface area is 143 Å². The standard InChI is InChI=1S/C19H26N4O/c1-14(2)23-19(7-9-21-23)18-12-16(6-8-20-18)11-17-5-4-10-22(13-17)15(3)24/h6-9,12,14,17H,4-5,10-11,13H2,1-3H3. The van der Waals surface area contributed by atoms with Gasteiger partial charge in [0.05, 0.1) is 11.4 Å². The maximum absolute atomic E-state index is 11.6. The minimum atomic E-state index is 0.191. The molecule has 0 bridgehead atoms. The van der Waals surface area contributed by atoms with Gasteiger partial charge in [0.15, 0.2) is 0 Å². The summed E-state index contributed by atoms with van der Waals surface area (Å²) in [5.41, 5.74) is 3.31. The molecule has 2 aromatic rings. The van der Waals surface area contributed by atoms with E-state index in [4.69, 9.17) is 0 Å². The van der Waals surface area contributed by atoms with Crippen LogP contribution in [-0.2, 0) is 11.2 Å². The van der Waals surface area contributed by atoms with Crippen LogP contribution >= 0.6 is 0 Å². The molecule has 1 aliphatic rings. The van der Waals surface area contributed by atoms with Gasteiger partial charge in [-0.15, -0.1) is 0 Å². The number of pyridine rings is 1. The van der Waals surface area contributed by atoms with Gasteiger partial charge in [0, 0.05) is 38.4 Å². The van der Waals surface area contributed by atoms with Crippen molar-refractivity contribution in [2.24, 2.45) is 5.92 Å². The minimum Gasteiger partial charge on any atom is -0.343 e. The number of amides is 1. The second kappa shape index (κ2) is 7.16. The van der Waals surface area contributed by atoms with E-state index in [-0.39, 0.29) is 5.91 Å². The number of piperidine rings is 1.